The van der Waals surface area contributed by atoms with E-state index in [1.54, 1.807) is 19.2 Å². The average Bonchev–Trinajstić information content (AvgIpc) is 2.37. The molecule has 0 saturated heterocycles. The molecule has 0 aliphatic heterocycles. The molecule has 0 aromatic heterocycles. The minimum atomic E-state index is -0.448. The van der Waals surface area contributed by atoms with Crippen molar-refractivity contribution in [1.82, 2.24) is 0 Å². The van der Waals surface area contributed by atoms with Crippen LogP contribution in [0.4, 0.5) is 0 Å². The maximum atomic E-state index is 8.69. The summed E-state index contributed by atoms with van der Waals surface area (Å²) in [5, 5.41) is 8.69. The Hall–Kier alpha value is -1.64. The molecule has 0 heterocycles. The molecule has 0 fully saturated rings. The van der Waals surface area contributed by atoms with Crippen molar-refractivity contribution in [2.75, 3.05) is 21.3 Å². The summed E-state index contributed by atoms with van der Waals surface area (Å²) in [5.74, 6) is 1.74. The van der Waals surface area contributed by atoms with Gasteiger partial charge in [0, 0.05) is 12.1 Å². The summed E-state index contributed by atoms with van der Waals surface area (Å²) in [4.78, 5) is 0. The van der Waals surface area contributed by atoms with Crippen molar-refractivity contribution in [3.05, 3.63) is 17.7 Å². The molecule has 0 radical (unpaired) electrons. The lowest BCUT2D eigenvalue weighted by molar-refractivity contribution is 0.364. The maximum absolute atomic E-state index is 8.69. The van der Waals surface area contributed by atoms with Gasteiger partial charge in [0.2, 0.25) is 0 Å². The second kappa shape index (κ2) is 7.64. The van der Waals surface area contributed by atoms with Gasteiger partial charge in [-0.2, -0.15) is 5.26 Å². The number of hydrogen-bond donors (Lipinski definition) is 1. The third-order valence-electron chi connectivity index (χ3n) is 2.44. The third-order valence-corrected chi connectivity index (χ3v) is 2.44. The molecule has 1 atom stereocenters. The Morgan fingerprint density at radius 1 is 1.17 bits per heavy atom. The van der Waals surface area contributed by atoms with E-state index in [0.717, 1.165) is 0 Å². The normalized spacial score (nSPS) is 10.8. The molecule has 5 nitrogen and oxygen atoms in total. The van der Waals surface area contributed by atoms with Crippen molar-refractivity contribution >= 4 is 12.4 Å². The van der Waals surface area contributed by atoms with E-state index in [4.69, 9.17) is 25.2 Å². The standard InChI is InChI=1S/C12H16N2O3.ClH/c1-15-8-6-10(16-2)12(9(14)4-5-13)11(7-8)17-3;/h6-7,9H,4,14H2,1-3H3;1H/t9-;/m0./s1. The Morgan fingerprint density at radius 3 is 2.00 bits per heavy atom. The number of nitrogens with two attached hydrogens (primary N) is 1. The van der Waals surface area contributed by atoms with Gasteiger partial charge in [-0.25, -0.2) is 0 Å². The highest BCUT2D eigenvalue weighted by Gasteiger charge is 2.19. The molecule has 100 valence electrons. The van der Waals surface area contributed by atoms with Crippen molar-refractivity contribution in [3.63, 3.8) is 0 Å². The number of rotatable bonds is 5. The molecule has 18 heavy (non-hydrogen) atoms. The summed E-state index contributed by atoms with van der Waals surface area (Å²) < 4.78 is 15.6. The summed E-state index contributed by atoms with van der Waals surface area (Å²) in [7, 11) is 4.64. The van der Waals surface area contributed by atoms with Crippen LogP contribution in [0, 0.1) is 11.3 Å². The Morgan fingerprint density at radius 2 is 1.67 bits per heavy atom. The summed E-state index contributed by atoms with van der Waals surface area (Å²) in [6.45, 7) is 0. The van der Waals surface area contributed by atoms with Crippen LogP contribution in [0.3, 0.4) is 0 Å². The lowest BCUT2D eigenvalue weighted by Gasteiger charge is -2.18. The van der Waals surface area contributed by atoms with Crippen LogP contribution in [-0.4, -0.2) is 21.3 Å². The first kappa shape index (κ1) is 16.4. The molecule has 0 bridgehead atoms. The lowest BCUT2D eigenvalue weighted by atomic mass is 10.0. The minimum absolute atomic E-state index is 0. The highest BCUT2D eigenvalue weighted by Crippen LogP contribution is 2.38. The lowest BCUT2D eigenvalue weighted by Crippen LogP contribution is -2.12. The van der Waals surface area contributed by atoms with Crippen LogP contribution >= 0.6 is 12.4 Å². The minimum Gasteiger partial charge on any atom is -0.496 e. The van der Waals surface area contributed by atoms with Gasteiger partial charge in [-0.05, 0) is 0 Å². The fraction of sp³-hybridized carbons (Fsp3) is 0.417. The van der Waals surface area contributed by atoms with Crippen LogP contribution in [0.1, 0.15) is 18.0 Å². The van der Waals surface area contributed by atoms with E-state index in [2.05, 4.69) is 0 Å². The van der Waals surface area contributed by atoms with Gasteiger partial charge in [0.1, 0.15) is 17.2 Å². The van der Waals surface area contributed by atoms with Gasteiger partial charge < -0.3 is 19.9 Å². The summed E-state index contributed by atoms with van der Waals surface area (Å²) in [6, 6.07) is 5.02. The quantitative estimate of drug-likeness (QED) is 0.888. The SMILES string of the molecule is COc1cc(OC)c([C@@H](N)CC#N)c(OC)c1.Cl. The molecule has 0 aliphatic rings. The Kier molecular flexibility index (Phi) is 6.94. The fourth-order valence-corrected chi connectivity index (χ4v) is 1.60. The largest absolute Gasteiger partial charge is 0.496 e. The molecule has 6 heteroatoms. The van der Waals surface area contributed by atoms with Crippen LogP contribution < -0.4 is 19.9 Å². The topological polar surface area (TPSA) is 77.5 Å². The highest BCUT2D eigenvalue weighted by atomic mass is 35.5. The number of methoxy groups -OCH3 is 3. The molecule has 0 saturated carbocycles. The molecule has 0 amide bonds. The fourth-order valence-electron chi connectivity index (χ4n) is 1.60. The predicted octanol–water partition coefficient (Wildman–Crippen LogP) is 2.05. The van der Waals surface area contributed by atoms with E-state index in [-0.39, 0.29) is 18.8 Å². The Labute approximate surface area is 113 Å². The summed E-state index contributed by atoms with van der Waals surface area (Å²) >= 11 is 0. The van der Waals surface area contributed by atoms with Gasteiger partial charge in [-0.3, -0.25) is 0 Å². The zero-order valence-electron chi connectivity index (χ0n) is 10.6. The highest BCUT2D eigenvalue weighted by molar-refractivity contribution is 5.85. The molecule has 0 unspecified atom stereocenters. The molecule has 1 aromatic rings. The molecule has 2 N–H and O–H groups in total. The zero-order valence-corrected chi connectivity index (χ0v) is 11.4. The second-order valence-electron chi connectivity index (χ2n) is 3.41. The van der Waals surface area contributed by atoms with Gasteiger partial charge in [-0.15, -0.1) is 12.4 Å². The Bertz CT molecular complexity index is 407. The van der Waals surface area contributed by atoms with Gasteiger partial charge >= 0.3 is 0 Å². The number of nitrogens with zero attached hydrogens (tertiary/aromatic N) is 1. The first-order chi connectivity index (χ1) is 8.17. The van der Waals surface area contributed by atoms with Crippen LogP contribution in [-0.2, 0) is 0 Å². The van der Waals surface area contributed by atoms with Gasteiger partial charge in [0.15, 0.2) is 0 Å². The van der Waals surface area contributed by atoms with Crippen LogP contribution in [0.5, 0.6) is 17.2 Å². The van der Waals surface area contributed by atoms with Gasteiger partial charge in [0.05, 0.1) is 45.4 Å². The van der Waals surface area contributed by atoms with Crippen molar-refractivity contribution in [2.24, 2.45) is 5.73 Å². The molecule has 1 rings (SSSR count). The molecular formula is C12H17ClN2O3. The first-order valence-corrected chi connectivity index (χ1v) is 5.10. The third kappa shape index (κ3) is 3.42. The molecule has 0 spiro atoms. The molecule has 1 aromatic carbocycles. The van der Waals surface area contributed by atoms with E-state index < -0.39 is 6.04 Å². The Balaban J connectivity index is 0.00000289. The number of benzene rings is 1. The van der Waals surface area contributed by atoms with E-state index in [0.29, 0.717) is 22.8 Å². The molecular weight excluding hydrogens is 256 g/mol. The second-order valence-corrected chi connectivity index (χ2v) is 3.41. The zero-order chi connectivity index (χ0) is 12.8. The number of ether oxygens (including phenoxy) is 3. The van der Waals surface area contributed by atoms with E-state index in [1.807, 2.05) is 6.07 Å². The van der Waals surface area contributed by atoms with Crippen LogP contribution in [0.2, 0.25) is 0 Å². The van der Waals surface area contributed by atoms with Crippen LogP contribution in [0.15, 0.2) is 12.1 Å². The van der Waals surface area contributed by atoms with Crippen molar-refractivity contribution in [1.29, 1.82) is 5.26 Å². The first-order valence-electron chi connectivity index (χ1n) is 5.10. The van der Waals surface area contributed by atoms with E-state index in [9.17, 15) is 0 Å². The maximum Gasteiger partial charge on any atom is 0.131 e. The summed E-state index contributed by atoms with van der Waals surface area (Å²) in [5.41, 5.74) is 6.60. The number of nitriles is 1. The van der Waals surface area contributed by atoms with Crippen molar-refractivity contribution < 1.29 is 14.2 Å². The smallest absolute Gasteiger partial charge is 0.131 e. The van der Waals surface area contributed by atoms with Gasteiger partial charge in [-0.1, -0.05) is 0 Å². The van der Waals surface area contributed by atoms with E-state index >= 15 is 0 Å². The average molecular weight is 273 g/mol. The van der Waals surface area contributed by atoms with Crippen molar-refractivity contribution in [3.8, 4) is 23.3 Å². The van der Waals surface area contributed by atoms with Crippen LogP contribution in [0.25, 0.3) is 0 Å². The number of halogens is 1. The predicted molar refractivity (Wildman–Crippen MR) is 70.5 cm³/mol. The number of hydrogen-bond acceptors (Lipinski definition) is 5. The monoisotopic (exact) mass is 272 g/mol. The molecule has 0 aliphatic carbocycles. The summed E-state index contributed by atoms with van der Waals surface area (Å²) in [6.07, 6.45) is 0.194. The van der Waals surface area contributed by atoms with E-state index in [1.165, 1.54) is 14.2 Å². The van der Waals surface area contributed by atoms with Gasteiger partial charge in [0.25, 0.3) is 0 Å². The van der Waals surface area contributed by atoms with Crippen molar-refractivity contribution in [2.45, 2.75) is 12.5 Å².